The monoisotopic (exact) mass is 184 g/mol. The van der Waals surface area contributed by atoms with Gasteiger partial charge in [-0.05, 0) is 32.3 Å². The van der Waals surface area contributed by atoms with Crippen LogP contribution in [-0.2, 0) is 4.74 Å². The Balaban J connectivity index is 2.72. The van der Waals surface area contributed by atoms with E-state index in [2.05, 4.69) is 6.08 Å². The quantitative estimate of drug-likeness (QED) is 0.682. The maximum atomic E-state index is 9.37. The van der Waals surface area contributed by atoms with Gasteiger partial charge in [-0.15, -0.1) is 0 Å². The molecule has 76 valence electrons. The summed E-state index contributed by atoms with van der Waals surface area (Å²) in [5.74, 6) is 0. The van der Waals surface area contributed by atoms with Crippen molar-refractivity contribution in [1.82, 2.24) is 0 Å². The van der Waals surface area contributed by atoms with Gasteiger partial charge in [-0.25, -0.2) is 0 Å². The van der Waals surface area contributed by atoms with E-state index in [4.69, 9.17) is 4.74 Å². The molecule has 1 rings (SSSR count). The second-order valence-electron chi connectivity index (χ2n) is 4.04. The summed E-state index contributed by atoms with van der Waals surface area (Å²) in [4.78, 5) is 0. The van der Waals surface area contributed by atoms with E-state index in [1.165, 1.54) is 12.8 Å². The Bertz CT molecular complexity index is 188. The molecule has 1 unspecified atom stereocenters. The molecule has 0 aromatic carbocycles. The van der Waals surface area contributed by atoms with E-state index in [0.29, 0.717) is 0 Å². The Kier molecular flexibility index (Phi) is 3.51. The van der Waals surface area contributed by atoms with E-state index >= 15 is 0 Å². The van der Waals surface area contributed by atoms with Crippen molar-refractivity contribution in [3.63, 3.8) is 0 Å². The molecule has 0 aromatic heterocycles. The molecular formula is C11H20O2. The zero-order chi connectivity index (χ0) is 9.90. The molecule has 1 saturated carbocycles. The van der Waals surface area contributed by atoms with Crippen LogP contribution >= 0.6 is 0 Å². The van der Waals surface area contributed by atoms with Crippen LogP contribution in [0.2, 0.25) is 0 Å². The van der Waals surface area contributed by atoms with Crippen LogP contribution in [0.15, 0.2) is 11.6 Å². The molecule has 1 aliphatic carbocycles. The lowest BCUT2D eigenvalue weighted by molar-refractivity contribution is 0.0368. The first kappa shape index (κ1) is 10.7. The highest BCUT2D eigenvalue weighted by molar-refractivity contribution is 5.14. The van der Waals surface area contributed by atoms with Crippen molar-refractivity contribution in [1.29, 1.82) is 0 Å². The molecule has 0 saturated heterocycles. The Morgan fingerprint density at radius 1 is 1.46 bits per heavy atom. The highest BCUT2D eigenvalue weighted by Crippen LogP contribution is 2.34. The second kappa shape index (κ2) is 4.25. The first-order valence-electron chi connectivity index (χ1n) is 5.02. The van der Waals surface area contributed by atoms with Crippen LogP contribution in [0.5, 0.6) is 0 Å². The van der Waals surface area contributed by atoms with E-state index in [1.54, 1.807) is 14.0 Å². The van der Waals surface area contributed by atoms with Crippen molar-refractivity contribution in [2.45, 2.75) is 51.2 Å². The van der Waals surface area contributed by atoms with Crippen molar-refractivity contribution in [2.75, 3.05) is 7.11 Å². The number of rotatable bonds is 3. The zero-order valence-corrected chi connectivity index (χ0v) is 8.84. The van der Waals surface area contributed by atoms with Crippen LogP contribution in [0.25, 0.3) is 0 Å². The lowest BCUT2D eigenvalue weighted by atomic mass is 9.97. The van der Waals surface area contributed by atoms with Crippen LogP contribution < -0.4 is 0 Å². The van der Waals surface area contributed by atoms with Gasteiger partial charge in [0, 0.05) is 7.11 Å². The van der Waals surface area contributed by atoms with Crippen molar-refractivity contribution in [3.8, 4) is 0 Å². The Hall–Kier alpha value is -0.340. The summed E-state index contributed by atoms with van der Waals surface area (Å²) in [6, 6.07) is 0. The summed E-state index contributed by atoms with van der Waals surface area (Å²) in [5, 5.41) is 9.37. The van der Waals surface area contributed by atoms with Crippen molar-refractivity contribution < 1.29 is 9.84 Å². The molecule has 1 N–H and O–H groups in total. The Labute approximate surface area is 80.6 Å². The van der Waals surface area contributed by atoms with Gasteiger partial charge in [0.1, 0.15) is 0 Å². The predicted molar refractivity (Wildman–Crippen MR) is 53.6 cm³/mol. The zero-order valence-electron chi connectivity index (χ0n) is 8.84. The lowest BCUT2D eigenvalue weighted by Gasteiger charge is -2.25. The first-order chi connectivity index (χ1) is 6.09. The van der Waals surface area contributed by atoms with E-state index < -0.39 is 0 Å². The average Bonchev–Trinajstić information content (AvgIpc) is 2.54. The SMILES string of the molecule is COC1(/C=C(/C)C(C)O)CCCC1. The van der Waals surface area contributed by atoms with Gasteiger partial charge in [0.15, 0.2) is 0 Å². The molecular weight excluding hydrogens is 164 g/mol. The van der Waals surface area contributed by atoms with E-state index in [-0.39, 0.29) is 11.7 Å². The summed E-state index contributed by atoms with van der Waals surface area (Å²) in [5.41, 5.74) is 0.935. The molecule has 0 aromatic rings. The molecule has 1 fully saturated rings. The highest BCUT2D eigenvalue weighted by Gasteiger charge is 2.31. The number of methoxy groups -OCH3 is 1. The lowest BCUT2D eigenvalue weighted by Crippen LogP contribution is -2.25. The minimum Gasteiger partial charge on any atom is -0.389 e. The summed E-state index contributed by atoms with van der Waals surface area (Å²) in [7, 11) is 1.76. The van der Waals surface area contributed by atoms with Crippen LogP contribution in [0.4, 0.5) is 0 Å². The van der Waals surface area contributed by atoms with Gasteiger partial charge < -0.3 is 9.84 Å². The van der Waals surface area contributed by atoms with E-state index in [1.807, 2.05) is 6.92 Å². The fourth-order valence-corrected chi connectivity index (χ4v) is 1.92. The number of aliphatic hydroxyl groups excluding tert-OH is 1. The number of ether oxygens (including phenoxy) is 1. The van der Waals surface area contributed by atoms with Gasteiger partial charge in [0.2, 0.25) is 0 Å². The fraction of sp³-hybridized carbons (Fsp3) is 0.818. The van der Waals surface area contributed by atoms with Gasteiger partial charge in [-0.3, -0.25) is 0 Å². The third-order valence-electron chi connectivity index (χ3n) is 3.01. The van der Waals surface area contributed by atoms with Crippen molar-refractivity contribution in [3.05, 3.63) is 11.6 Å². The summed E-state index contributed by atoms with van der Waals surface area (Å²) in [6.07, 6.45) is 6.40. The van der Waals surface area contributed by atoms with Gasteiger partial charge in [0.25, 0.3) is 0 Å². The summed E-state index contributed by atoms with van der Waals surface area (Å²) < 4.78 is 5.53. The standard InChI is InChI=1S/C11H20O2/c1-9(10(2)12)8-11(13-3)6-4-5-7-11/h8,10,12H,4-7H2,1-3H3/b9-8-. The molecule has 0 radical (unpaired) electrons. The number of aliphatic hydroxyl groups is 1. The third kappa shape index (κ3) is 2.55. The molecule has 0 aliphatic heterocycles. The number of hydrogen-bond donors (Lipinski definition) is 1. The average molecular weight is 184 g/mol. The Morgan fingerprint density at radius 3 is 2.38 bits per heavy atom. The maximum absolute atomic E-state index is 9.37. The minimum absolute atomic E-state index is 0.0823. The van der Waals surface area contributed by atoms with Crippen LogP contribution in [-0.4, -0.2) is 23.9 Å². The van der Waals surface area contributed by atoms with Crippen LogP contribution in [0, 0.1) is 0 Å². The molecule has 0 amide bonds. The van der Waals surface area contributed by atoms with Crippen molar-refractivity contribution in [2.24, 2.45) is 0 Å². The smallest absolute Gasteiger partial charge is 0.0862 e. The maximum Gasteiger partial charge on any atom is 0.0862 e. The highest BCUT2D eigenvalue weighted by atomic mass is 16.5. The second-order valence-corrected chi connectivity index (χ2v) is 4.04. The Morgan fingerprint density at radius 2 is 2.00 bits per heavy atom. The molecule has 0 spiro atoms. The molecule has 2 nitrogen and oxygen atoms in total. The number of hydrogen-bond acceptors (Lipinski definition) is 2. The van der Waals surface area contributed by atoms with Gasteiger partial charge in [-0.1, -0.05) is 18.9 Å². The van der Waals surface area contributed by atoms with Crippen LogP contribution in [0.3, 0.4) is 0 Å². The van der Waals surface area contributed by atoms with Gasteiger partial charge in [0.05, 0.1) is 11.7 Å². The molecule has 1 atom stereocenters. The first-order valence-corrected chi connectivity index (χ1v) is 5.02. The minimum atomic E-state index is -0.354. The van der Waals surface area contributed by atoms with Crippen LogP contribution in [0.1, 0.15) is 39.5 Å². The largest absolute Gasteiger partial charge is 0.389 e. The topological polar surface area (TPSA) is 29.5 Å². The van der Waals surface area contributed by atoms with Gasteiger partial charge in [-0.2, -0.15) is 0 Å². The molecule has 0 bridgehead atoms. The molecule has 2 heteroatoms. The van der Waals surface area contributed by atoms with E-state index in [0.717, 1.165) is 18.4 Å². The molecule has 1 aliphatic rings. The summed E-state index contributed by atoms with van der Waals surface area (Å²) >= 11 is 0. The van der Waals surface area contributed by atoms with Gasteiger partial charge >= 0.3 is 0 Å². The van der Waals surface area contributed by atoms with Crippen molar-refractivity contribution >= 4 is 0 Å². The van der Waals surface area contributed by atoms with E-state index in [9.17, 15) is 5.11 Å². The molecule has 0 heterocycles. The fourth-order valence-electron chi connectivity index (χ4n) is 1.92. The summed E-state index contributed by atoms with van der Waals surface area (Å²) in [6.45, 7) is 3.76. The third-order valence-corrected chi connectivity index (χ3v) is 3.01. The molecule has 13 heavy (non-hydrogen) atoms. The normalized spacial score (nSPS) is 24.8. The predicted octanol–water partition coefficient (Wildman–Crippen LogP) is 2.27.